The Balaban J connectivity index is 1.81. The molecule has 4 atom stereocenters. The summed E-state index contributed by atoms with van der Waals surface area (Å²) < 4.78 is 12.9. The van der Waals surface area contributed by atoms with Crippen LogP contribution >= 0.6 is 0 Å². The normalized spacial score (nSPS) is 30.3. The number of hydrogen-bond acceptors (Lipinski definition) is 2. The van der Waals surface area contributed by atoms with Gasteiger partial charge in [0.15, 0.2) is 8.32 Å². The average Bonchev–Trinajstić information content (AvgIpc) is 3.39. The Hall–Kier alpha value is -0.903. The second kappa shape index (κ2) is 6.92. The first-order valence-corrected chi connectivity index (χ1v) is 11.8. The van der Waals surface area contributed by atoms with Crippen molar-refractivity contribution in [1.82, 2.24) is 0 Å². The summed E-state index contributed by atoms with van der Waals surface area (Å²) in [6.45, 7) is 9.24. The van der Waals surface area contributed by atoms with E-state index in [1.54, 1.807) is 0 Å². The highest BCUT2D eigenvalue weighted by molar-refractivity contribution is 6.73. The van der Waals surface area contributed by atoms with Crippen LogP contribution in [0.15, 0.2) is 36.4 Å². The van der Waals surface area contributed by atoms with E-state index < -0.39 is 8.32 Å². The number of hydrogen-bond donors (Lipinski definition) is 0. The van der Waals surface area contributed by atoms with Crippen molar-refractivity contribution in [2.45, 2.75) is 70.6 Å². The highest BCUT2D eigenvalue weighted by atomic mass is 28.4. The van der Waals surface area contributed by atoms with Gasteiger partial charge >= 0.3 is 0 Å². The fourth-order valence-electron chi connectivity index (χ4n) is 3.95. The monoisotopic (exact) mass is 330 g/mol. The van der Waals surface area contributed by atoms with Crippen molar-refractivity contribution in [3.05, 3.63) is 42.0 Å². The van der Waals surface area contributed by atoms with Crippen molar-refractivity contribution in [3.8, 4) is 0 Å². The van der Waals surface area contributed by atoms with E-state index in [1.165, 1.54) is 29.3 Å². The van der Waals surface area contributed by atoms with E-state index in [9.17, 15) is 0 Å². The van der Waals surface area contributed by atoms with E-state index >= 15 is 0 Å². The Labute approximate surface area is 142 Å². The van der Waals surface area contributed by atoms with Crippen LogP contribution in [0.5, 0.6) is 0 Å². The highest BCUT2D eigenvalue weighted by Crippen LogP contribution is 2.45. The molecule has 1 aromatic rings. The molecule has 0 bridgehead atoms. The molecule has 2 aliphatic rings. The van der Waals surface area contributed by atoms with Gasteiger partial charge in [-0.15, -0.1) is 0 Å². The molecule has 0 amide bonds. The Bertz CT molecular complexity index is 542. The van der Waals surface area contributed by atoms with Gasteiger partial charge in [-0.1, -0.05) is 64.1 Å². The zero-order chi connectivity index (χ0) is 16.4. The van der Waals surface area contributed by atoms with Crippen LogP contribution in [0.3, 0.4) is 0 Å². The number of epoxide rings is 1. The SMILES string of the molecule is CC[Si](CC)(CC)OC1CC=C(c2ccccc2)[C@@H]2O[C@@H]2[C@H]1C. The van der Waals surface area contributed by atoms with Gasteiger partial charge in [-0.2, -0.15) is 0 Å². The minimum Gasteiger partial charge on any atom is -0.413 e. The number of rotatable bonds is 6. The number of ether oxygens (including phenoxy) is 1. The van der Waals surface area contributed by atoms with Crippen molar-refractivity contribution >= 4 is 13.9 Å². The molecule has 0 spiro atoms. The molecule has 1 fully saturated rings. The molecule has 1 aliphatic heterocycles. The summed E-state index contributed by atoms with van der Waals surface area (Å²) in [6.07, 6.45) is 4.34. The van der Waals surface area contributed by atoms with E-state index in [0.29, 0.717) is 18.1 Å². The molecule has 1 unspecified atom stereocenters. The predicted molar refractivity (Wildman–Crippen MR) is 98.9 cm³/mol. The van der Waals surface area contributed by atoms with Gasteiger partial charge in [0.25, 0.3) is 0 Å². The molecule has 2 nitrogen and oxygen atoms in total. The van der Waals surface area contributed by atoms with E-state index in [0.717, 1.165) is 6.42 Å². The summed E-state index contributed by atoms with van der Waals surface area (Å²) in [5, 5.41) is 0. The fraction of sp³-hybridized carbons (Fsp3) is 0.600. The summed E-state index contributed by atoms with van der Waals surface area (Å²) in [5.74, 6) is 0.481. The van der Waals surface area contributed by atoms with E-state index in [4.69, 9.17) is 9.16 Å². The van der Waals surface area contributed by atoms with Crippen LogP contribution in [-0.4, -0.2) is 26.6 Å². The third-order valence-corrected chi connectivity index (χ3v) is 10.6. The van der Waals surface area contributed by atoms with E-state index in [-0.39, 0.29) is 6.10 Å². The van der Waals surface area contributed by atoms with Crippen molar-refractivity contribution in [3.63, 3.8) is 0 Å². The van der Waals surface area contributed by atoms with Gasteiger partial charge in [0.2, 0.25) is 0 Å². The lowest BCUT2D eigenvalue weighted by atomic mass is 9.97. The van der Waals surface area contributed by atoms with Crippen molar-refractivity contribution in [1.29, 1.82) is 0 Å². The lowest BCUT2D eigenvalue weighted by Gasteiger charge is -2.35. The summed E-state index contributed by atoms with van der Waals surface area (Å²) in [5.41, 5.74) is 2.67. The van der Waals surface area contributed by atoms with Crippen molar-refractivity contribution in [2.24, 2.45) is 5.92 Å². The molecule has 1 heterocycles. The Morgan fingerprint density at radius 2 is 1.74 bits per heavy atom. The predicted octanol–water partition coefficient (Wildman–Crippen LogP) is 5.27. The molecule has 0 N–H and O–H groups in total. The summed E-state index contributed by atoms with van der Waals surface area (Å²) in [4.78, 5) is 0. The van der Waals surface area contributed by atoms with Crippen LogP contribution in [0, 0.1) is 5.92 Å². The maximum atomic E-state index is 6.81. The first-order valence-electron chi connectivity index (χ1n) is 9.23. The summed E-state index contributed by atoms with van der Waals surface area (Å²) in [6, 6.07) is 14.3. The van der Waals surface area contributed by atoms with Crippen molar-refractivity contribution in [2.75, 3.05) is 0 Å². The summed E-state index contributed by atoms with van der Waals surface area (Å²) in [7, 11) is -1.57. The first-order chi connectivity index (χ1) is 11.1. The molecule has 1 aromatic carbocycles. The van der Waals surface area contributed by atoms with E-state index in [2.05, 4.69) is 64.1 Å². The van der Waals surface area contributed by atoms with Crippen LogP contribution in [0.1, 0.15) is 39.7 Å². The quantitative estimate of drug-likeness (QED) is 0.523. The highest BCUT2D eigenvalue weighted by Gasteiger charge is 2.50. The van der Waals surface area contributed by atoms with Crippen LogP contribution < -0.4 is 0 Å². The largest absolute Gasteiger partial charge is 0.413 e. The fourth-order valence-corrected chi connectivity index (χ4v) is 6.90. The lowest BCUT2D eigenvalue weighted by molar-refractivity contribution is 0.113. The molecule has 0 saturated carbocycles. The van der Waals surface area contributed by atoms with Gasteiger partial charge < -0.3 is 9.16 Å². The zero-order valence-corrected chi connectivity index (χ0v) is 15.9. The van der Waals surface area contributed by atoms with Crippen LogP contribution in [-0.2, 0) is 9.16 Å². The third kappa shape index (κ3) is 3.33. The Kier molecular flexibility index (Phi) is 5.09. The van der Waals surface area contributed by atoms with Crippen LogP contribution in [0.2, 0.25) is 18.1 Å². The zero-order valence-electron chi connectivity index (χ0n) is 14.9. The van der Waals surface area contributed by atoms with Crippen LogP contribution in [0.4, 0.5) is 0 Å². The molecule has 23 heavy (non-hydrogen) atoms. The second-order valence-electron chi connectivity index (χ2n) is 7.04. The molecular formula is C20H30O2Si. The number of benzene rings is 1. The van der Waals surface area contributed by atoms with Gasteiger partial charge in [0.1, 0.15) is 6.10 Å². The van der Waals surface area contributed by atoms with Gasteiger partial charge in [0.05, 0.1) is 12.2 Å². The molecule has 1 saturated heterocycles. The third-order valence-electron chi connectivity index (χ3n) is 5.95. The maximum absolute atomic E-state index is 6.81. The molecular weight excluding hydrogens is 300 g/mol. The Morgan fingerprint density at radius 3 is 2.35 bits per heavy atom. The summed E-state index contributed by atoms with van der Waals surface area (Å²) >= 11 is 0. The Morgan fingerprint density at radius 1 is 1.09 bits per heavy atom. The smallest absolute Gasteiger partial charge is 0.192 e. The van der Waals surface area contributed by atoms with Gasteiger partial charge in [-0.25, -0.2) is 0 Å². The van der Waals surface area contributed by atoms with Gasteiger partial charge in [-0.3, -0.25) is 0 Å². The standard InChI is InChI=1S/C20H30O2Si/c1-5-23(6-2,7-3)22-18-14-13-17(16-11-9-8-10-12-16)20-19(21-20)15(18)4/h8-13,15,18-20H,5-7,14H2,1-4H3/t15-,18?,19+,20-/m0/s1. The molecule has 1 aliphatic carbocycles. The minimum atomic E-state index is -1.57. The molecule has 126 valence electrons. The average molecular weight is 331 g/mol. The van der Waals surface area contributed by atoms with Crippen molar-refractivity contribution < 1.29 is 9.16 Å². The lowest BCUT2D eigenvalue weighted by Crippen LogP contribution is -2.42. The minimum absolute atomic E-state index is 0.280. The first kappa shape index (κ1) is 16.9. The van der Waals surface area contributed by atoms with Crippen LogP contribution in [0.25, 0.3) is 5.57 Å². The molecule has 0 radical (unpaired) electrons. The maximum Gasteiger partial charge on any atom is 0.192 e. The van der Waals surface area contributed by atoms with E-state index in [1.807, 2.05) is 0 Å². The van der Waals surface area contributed by atoms with Gasteiger partial charge in [-0.05, 0) is 35.7 Å². The second-order valence-corrected chi connectivity index (χ2v) is 11.8. The van der Waals surface area contributed by atoms with Gasteiger partial charge in [0, 0.05) is 5.92 Å². The molecule has 0 aromatic heterocycles. The molecule has 3 heteroatoms. The molecule has 3 rings (SSSR count). The number of fused-ring (bicyclic) bond motifs is 1. The topological polar surface area (TPSA) is 21.8 Å².